The number of methoxy groups -OCH3 is 1. The van der Waals surface area contributed by atoms with Crippen molar-refractivity contribution < 1.29 is 27.1 Å². The predicted molar refractivity (Wildman–Crippen MR) is 84.7 cm³/mol. The lowest BCUT2D eigenvalue weighted by Gasteiger charge is -2.14. The summed E-state index contributed by atoms with van der Waals surface area (Å²) in [5.74, 6) is -0.665. The minimum Gasteiger partial charge on any atom is -0.495 e. The van der Waals surface area contributed by atoms with Gasteiger partial charge in [0.1, 0.15) is 11.6 Å². The van der Waals surface area contributed by atoms with E-state index in [0.29, 0.717) is 0 Å². The maximum absolute atomic E-state index is 13.7. The van der Waals surface area contributed by atoms with Crippen LogP contribution in [0.1, 0.15) is 5.56 Å². The molecule has 0 aliphatic rings. The molecular formula is C15H11BrF4N2O2. The summed E-state index contributed by atoms with van der Waals surface area (Å²) in [4.78, 5) is 12.0. The van der Waals surface area contributed by atoms with Crippen LogP contribution in [0, 0.1) is 5.82 Å². The van der Waals surface area contributed by atoms with Crippen LogP contribution in [0.5, 0.6) is 5.75 Å². The third-order valence-electron chi connectivity index (χ3n) is 2.98. The summed E-state index contributed by atoms with van der Waals surface area (Å²) >= 11 is 3.07. The normalized spacial score (nSPS) is 11.1. The third-order valence-corrected chi connectivity index (χ3v) is 3.64. The van der Waals surface area contributed by atoms with Crippen LogP contribution in [0.15, 0.2) is 40.9 Å². The smallest absolute Gasteiger partial charge is 0.416 e. The lowest BCUT2D eigenvalue weighted by atomic mass is 10.2. The number of anilines is 2. The zero-order valence-electron chi connectivity index (χ0n) is 12.2. The Kier molecular flexibility index (Phi) is 5.33. The highest BCUT2D eigenvalue weighted by molar-refractivity contribution is 9.10. The number of urea groups is 1. The number of rotatable bonds is 3. The molecule has 2 aromatic rings. The second kappa shape index (κ2) is 7.08. The van der Waals surface area contributed by atoms with Gasteiger partial charge in [0.25, 0.3) is 0 Å². The van der Waals surface area contributed by atoms with Crippen molar-refractivity contribution >= 4 is 33.3 Å². The van der Waals surface area contributed by atoms with Crippen molar-refractivity contribution in [2.45, 2.75) is 6.18 Å². The van der Waals surface area contributed by atoms with Gasteiger partial charge in [-0.2, -0.15) is 13.2 Å². The van der Waals surface area contributed by atoms with Gasteiger partial charge in [0.15, 0.2) is 0 Å². The molecule has 4 nitrogen and oxygen atoms in total. The Bertz CT molecular complexity index is 745. The molecule has 2 rings (SSSR count). The van der Waals surface area contributed by atoms with E-state index in [1.165, 1.54) is 19.2 Å². The summed E-state index contributed by atoms with van der Waals surface area (Å²) in [5, 5.41) is 4.44. The standard InChI is InChI=1S/C15H11BrF4N2O2/c1-24-12-6-5-8(15(18,19)20)7-11(12)21-14(23)22-13-9(16)3-2-4-10(13)17/h2-7H,1H3,(H2,21,22,23). The topological polar surface area (TPSA) is 50.4 Å². The Balaban J connectivity index is 2.25. The van der Waals surface area contributed by atoms with Crippen LogP contribution < -0.4 is 15.4 Å². The fraction of sp³-hybridized carbons (Fsp3) is 0.133. The molecule has 0 spiro atoms. The summed E-state index contributed by atoms with van der Waals surface area (Å²) < 4.78 is 57.2. The largest absolute Gasteiger partial charge is 0.495 e. The molecule has 0 saturated heterocycles. The van der Waals surface area contributed by atoms with Crippen LogP contribution >= 0.6 is 15.9 Å². The molecule has 0 radical (unpaired) electrons. The molecule has 0 aromatic heterocycles. The first-order valence-corrected chi connectivity index (χ1v) is 7.29. The van der Waals surface area contributed by atoms with E-state index >= 15 is 0 Å². The number of benzene rings is 2. The van der Waals surface area contributed by atoms with Crippen LogP contribution in [0.2, 0.25) is 0 Å². The first kappa shape index (κ1) is 18.1. The van der Waals surface area contributed by atoms with E-state index < -0.39 is 23.6 Å². The van der Waals surface area contributed by atoms with Gasteiger partial charge in [-0.3, -0.25) is 0 Å². The van der Waals surface area contributed by atoms with Gasteiger partial charge >= 0.3 is 12.2 Å². The number of nitrogens with one attached hydrogen (secondary N) is 2. The molecule has 24 heavy (non-hydrogen) atoms. The third kappa shape index (κ3) is 4.16. The zero-order chi connectivity index (χ0) is 17.9. The Morgan fingerprint density at radius 3 is 2.46 bits per heavy atom. The second-order valence-corrected chi connectivity index (χ2v) is 5.44. The summed E-state index contributed by atoms with van der Waals surface area (Å²) in [5.41, 5.74) is -1.29. The van der Waals surface area contributed by atoms with Crippen LogP contribution in [-0.2, 0) is 6.18 Å². The Hall–Kier alpha value is -2.29. The molecule has 0 unspecified atom stereocenters. The van der Waals surface area contributed by atoms with Crippen molar-refractivity contribution in [1.29, 1.82) is 0 Å². The predicted octanol–water partition coefficient (Wildman–Crippen LogP) is 5.26. The number of alkyl halides is 3. The van der Waals surface area contributed by atoms with Crippen molar-refractivity contribution in [1.82, 2.24) is 0 Å². The molecule has 0 aliphatic carbocycles. The molecule has 0 saturated carbocycles. The highest BCUT2D eigenvalue weighted by Crippen LogP contribution is 2.35. The van der Waals surface area contributed by atoms with Gasteiger partial charge in [0, 0.05) is 4.47 Å². The van der Waals surface area contributed by atoms with Crippen molar-refractivity contribution in [3.63, 3.8) is 0 Å². The Morgan fingerprint density at radius 1 is 1.17 bits per heavy atom. The molecule has 128 valence electrons. The van der Waals surface area contributed by atoms with Crippen LogP contribution in [-0.4, -0.2) is 13.1 Å². The molecule has 0 aliphatic heterocycles. The molecule has 0 atom stereocenters. The maximum atomic E-state index is 13.7. The maximum Gasteiger partial charge on any atom is 0.416 e. The molecule has 2 amide bonds. The SMILES string of the molecule is COc1ccc(C(F)(F)F)cc1NC(=O)Nc1c(F)cccc1Br. The Morgan fingerprint density at radius 2 is 1.88 bits per heavy atom. The number of carbonyl (C=O) groups is 1. The van der Waals surface area contributed by atoms with Crippen molar-refractivity contribution in [3.8, 4) is 5.75 Å². The van der Waals surface area contributed by atoms with Crippen LogP contribution in [0.25, 0.3) is 0 Å². The molecule has 2 aromatic carbocycles. The van der Waals surface area contributed by atoms with E-state index in [1.54, 1.807) is 0 Å². The highest BCUT2D eigenvalue weighted by Gasteiger charge is 2.31. The first-order chi connectivity index (χ1) is 11.2. The number of ether oxygens (including phenoxy) is 1. The summed E-state index contributed by atoms with van der Waals surface area (Å²) in [6.07, 6.45) is -4.58. The lowest BCUT2D eigenvalue weighted by Crippen LogP contribution is -2.21. The molecule has 2 N–H and O–H groups in total. The molecule has 0 fully saturated rings. The minimum absolute atomic E-state index is 0.0331. The summed E-state index contributed by atoms with van der Waals surface area (Å²) in [6, 6.07) is 5.78. The van der Waals surface area contributed by atoms with Crippen LogP contribution in [0.4, 0.5) is 33.7 Å². The number of halogens is 5. The first-order valence-electron chi connectivity index (χ1n) is 6.49. The van der Waals surface area contributed by atoms with E-state index in [9.17, 15) is 22.4 Å². The van der Waals surface area contributed by atoms with Gasteiger partial charge < -0.3 is 15.4 Å². The number of para-hydroxylation sites is 1. The van der Waals surface area contributed by atoms with E-state index in [0.717, 1.165) is 24.3 Å². The molecule has 0 bridgehead atoms. The van der Waals surface area contributed by atoms with Gasteiger partial charge in [-0.1, -0.05) is 6.07 Å². The number of amides is 2. The average Bonchev–Trinajstić information content (AvgIpc) is 2.50. The number of carbonyl (C=O) groups excluding carboxylic acids is 1. The molecule has 0 heterocycles. The summed E-state index contributed by atoms with van der Waals surface area (Å²) in [7, 11) is 1.25. The van der Waals surface area contributed by atoms with Gasteiger partial charge in [-0.25, -0.2) is 9.18 Å². The van der Waals surface area contributed by atoms with E-state index in [1.807, 2.05) is 0 Å². The molecule has 9 heteroatoms. The van der Waals surface area contributed by atoms with Gasteiger partial charge in [0.2, 0.25) is 0 Å². The molecular weight excluding hydrogens is 396 g/mol. The van der Waals surface area contributed by atoms with Crippen molar-refractivity contribution in [3.05, 3.63) is 52.3 Å². The highest BCUT2D eigenvalue weighted by atomic mass is 79.9. The zero-order valence-corrected chi connectivity index (χ0v) is 13.8. The fourth-order valence-corrected chi connectivity index (χ4v) is 2.31. The van der Waals surface area contributed by atoms with Crippen molar-refractivity contribution in [2.24, 2.45) is 0 Å². The fourth-order valence-electron chi connectivity index (χ4n) is 1.87. The summed E-state index contributed by atoms with van der Waals surface area (Å²) in [6.45, 7) is 0. The second-order valence-electron chi connectivity index (χ2n) is 4.59. The monoisotopic (exact) mass is 406 g/mol. The quantitative estimate of drug-likeness (QED) is 0.683. The van der Waals surface area contributed by atoms with E-state index in [-0.39, 0.29) is 21.6 Å². The van der Waals surface area contributed by atoms with Crippen molar-refractivity contribution in [2.75, 3.05) is 17.7 Å². The van der Waals surface area contributed by atoms with Gasteiger partial charge in [-0.15, -0.1) is 0 Å². The van der Waals surface area contributed by atoms with E-state index in [2.05, 4.69) is 26.6 Å². The van der Waals surface area contributed by atoms with Gasteiger partial charge in [0.05, 0.1) is 24.0 Å². The Labute approximate surface area is 142 Å². The minimum atomic E-state index is -4.58. The number of hydrogen-bond donors (Lipinski definition) is 2. The van der Waals surface area contributed by atoms with E-state index in [4.69, 9.17) is 4.74 Å². The average molecular weight is 407 g/mol. The van der Waals surface area contributed by atoms with Gasteiger partial charge in [-0.05, 0) is 46.3 Å². The lowest BCUT2D eigenvalue weighted by molar-refractivity contribution is -0.137. The number of hydrogen-bond acceptors (Lipinski definition) is 2. The van der Waals surface area contributed by atoms with Crippen LogP contribution in [0.3, 0.4) is 0 Å².